The summed E-state index contributed by atoms with van der Waals surface area (Å²) in [6.45, 7) is 2.37. The molecule has 3 rings (SSSR count). The molecule has 11 nitrogen and oxygen atoms in total. The van der Waals surface area contributed by atoms with Crippen LogP contribution in [0.3, 0.4) is 0 Å². The van der Waals surface area contributed by atoms with Crippen molar-refractivity contribution >= 4 is 29.6 Å². The van der Waals surface area contributed by atoms with Gasteiger partial charge in [0.1, 0.15) is 6.54 Å². The molecular weight excluding hydrogens is 354 g/mol. The second kappa shape index (κ2) is 8.25. The maximum absolute atomic E-state index is 12.1. The Morgan fingerprint density at radius 1 is 1.11 bits per heavy atom. The first kappa shape index (κ1) is 19.0. The number of rotatable bonds is 6. The fourth-order valence-corrected chi connectivity index (χ4v) is 2.76. The summed E-state index contributed by atoms with van der Waals surface area (Å²) in [4.78, 5) is 53.3. The molecule has 0 bridgehead atoms. The number of carbonyl (C=O) groups excluding carboxylic acids is 3. The highest BCUT2D eigenvalue weighted by atomic mass is 16.5. The molecule has 146 valence electrons. The van der Waals surface area contributed by atoms with Crippen LogP contribution in [0.5, 0.6) is 0 Å². The predicted octanol–water partition coefficient (Wildman–Crippen LogP) is -1.46. The van der Waals surface area contributed by atoms with E-state index in [-0.39, 0.29) is 37.7 Å². The molecule has 11 heteroatoms. The molecule has 2 fully saturated rings. The number of nitrogens with one attached hydrogen (secondary N) is 1. The number of imide groups is 1. The van der Waals surface area contributed by atoms with Crippen molar-refractivity contribution < 1.29 is 19.1 Å². The number of amides is 3. The van der Waals surface area contributed by atoms with Crippen molar-refractivity contribution in [1.82, 2.24) is 25.2 Å². The maximum Gasteiger partial charge on any atom is 0.240 e. The van der Waals surface area contributed by atoms with E-state index in [0.717, 1.165) is 4.90 Å². The van der Waals surface area contributed by atoms with E-state index in [1.807, 2.05) is 19.0 Å². The molecule has 1 N–H and O–H groups in total. The number of morpholine rings is 1. The summed E-state index contributed by atoms with van der Waals surface area (Å²) in [7, 11) is 3.65. The van der Waals surface area contributed by atoms with Gasteiger partial charge in [0, 0.05) is 40.0 Å². The van der Waals surface area contributed by atoms with Crippen LogP contribution >= 0.6 is 0 Å². The van der Waals surface area contributed by atoms with E-state index < -0.39 is 5.91 Å². The minimum Gasteiger partial charge on any atom is -0.378 e. The van der Waals surface area contributed by atoms with Crippen molar-refractivity contribution in [3.63, 3.8) is 0 Å². The van der Waals surface area contributed by atoms with Crippen LogP contribution in [0.4, 0.5) is 11.9 Å². The fourth-order valence-electron chi connectivity index (χ4n) is 2.76. The lowest BCUT2D eigenvalue weighted by Crippen LogP contribution is -2.40. The molecule has 0 atom stereocenters. The monoisotopic (exact) mass is 377 g/mol. The Morgan fingerprint density at radius 2 is 1.78 bits per heavy atom. The predicted molar refractivity (Wildman–Crippen MR) is 95.0 cm³/mol. The maximum atomic E-state index is 12.1. The Hall–Kier alpha value is -2.82. The lowest BCUT2D eigenvalue weighted by molar-refractivity contribution is -0.142. The molecule has 0 radical (unpaired) electrons. The van der Waals surface area contributed by atoms with Gasteiger partial charge in [-0.1, -0.05) is 0 Å². The summed E-state index contributed by atoms with van der Waals surface area (Å²) in [5.74, 6) is 0.354. The van der Waals surface area contributed by atoms with Gasteiger partial charge in [-0.25, -0.2) is 0 Å². The second-order valence-corrected chi connectivity index (χ2v) is 6.50. The SMILES string of the molecule is CN(C)c1nc(CNC(=O)CN2C(=O)CCC2=O)nc(N2CCOCC2)n1. The normalized spacial score (nSPS) is 17.4. The van der Waals surface area contributed by atoms with Crippen molar-refractivity contribution in [3.8, 4) is 0 Å². The van der Waals surface area contributed by atoms with Gasteiger partial charge in [-0.15, -0.1) is 0 Å². The van der Waals surface area contributed by atoms with Crippen molar-refractivity contribution in [2.75, 3.05) is 56.7 Å². The molecule has 3 heterocycles. The molecule has 27 heavy (non-hydrogen) atoms. The summed E-state index contributed by atoms with van der Waals surface area (Å²) < 4.78 is 5.35. The highest BCUT2D eigenvalue weighted by Crippen LogP contribution is 2.14. The van der Waals surface area contributed by atoms with Gasteiger partial charge >= 0.3 is 0 Å². The molecule has 1 aromatic heterocycles. The van der Waals surface area contributed by atoms with Gasteiger partial charge in [0.25, 0.3) is 0 Å². The van der Waals surface area contributed by atoms with Crippen LogP contribution in [0.1, 0.15) is 18.7 Å². The zero-order valence-electron chi connectivity index (χ0n) is 15.5. The van der Waals surface area contributed by atoms with Crippen LogP contribution in [0.25, 0.3) is 0 Å². The van der Waals surface area contributed by atoms with Gasteiger partial charge in [-0.3, -0.25) is 19.3 Å². The van der Waals surface area contributed by atoms with Gasteiger partial charge in [-0.2, -0.15) is 15.0 Å². The van der Waals surface area contributed by atoms with E-state index in [0.29, 0.717) is 44.0 Å². The molecule has 0 spiro atoms. The van der Waals surface area contributed by atoms with Gasteiger partial charge < -0.3 is 19.9 Å². The van der Waals surface area contributed by atoms with Crippen LogP contribution < -0.4 is 15.1 Å². The van der Waals surface area contributed by atoms with Crippen molar-refractivity contribution in [2.45, 2.75) is 19.4 Å². The van der Waals surface area contributed by atoms with Crippen LogP contribution in [-0.4, -0.2) is 84.5 Å². The summed E-state index contributed by atoms with van der Waals surface area (Å²) >= 11 is 0. The van der Waals surface area contributed by atoms with Crippen LogP contribution in [0.2, 0.25) is 0 Å². The Kier molecular flexibility index (Phi) is 5.79. The Bertz CT molecular complexity index is 717. The minimum atomic E-state index is -0.432. The first-order valence-corrected chi connectivity index (χ1v) is 8.79. The first-order chi connectivity index (χ1) is 12.9. The van der Waals surface area contributed by atoms with Gasteiger partial charge in [-0.05, 0) is 0 Å². The quantitative estimate of drug-likeness (QED) is 0.593. The summed E-state index contributed by atoms with van der Waals surface area (Å²) in [6.07, 6.45) is 0.323. The smallest absolute Gasteiger partial charge is 0.240 e. The third-order valence-electron chi connectivity index (χ3n) is 4.25. The van der Waals surface area contributed by atoms with Crippen LogP contribution in [0.15, 0.2) is 0 Å². The number of aromatic nitrogens is 3. The molecule has 0 saturated carbocycles. The number of hydrogen-bond donors (Lipinski definition) is 1. The fraction of sp³-hybridized carbons (Fsp3) is 0.625. The largest absolute Gasteiger partial charge is 0.378 e. The number of likely N-dealkylation sites (tertiary alicyclic amines) is 1. The van der Waals surface area contributed by atoms with Crippen molar-refractivity contribution in [1.29, 1.82) is 0 Å². The number of carbonyl (C=O) groups is 3. The average Bonchev–Trinajstić information content (AvgIpc) is 2.99. The highest BCUT2D eigenvalue weighted by Gasteiger charge is 2.30. The molecule has 0 aromatic carbocycles. The third kappa shape index (κ3) is 4.67. The third-order valence-corrected chi connectivity index (χ3v) is 4.25. The number of hydrogen-bond acceptors (Lipinski definition) is 9. The molecule has 0 unspecified atom stereocenters. The number of anilines is 2. The van der Waals surface area contributed by atoms with Crippen LogP contribution in [0, 0.1) is 0 Å². The zero-order valence-corrected chi connectivity index (χ0v) is 15.5. The molecule has 3 amide bonds. The van der Waals surface area contributed by atoms with E-state index in [9.17, 15) is 14.4 Å². The summed E-state index contributed by atoms with van der Waals surface area (Å²) in [5, 5.41) is 2.66. The average molecular weight is 377 g/mol. The first-order valence-electron chi connectivity index (χ1n) is 8.79. The lowest BCUT2D eigenvalue weighted by Gasteiger charge is -2.27. The van der Waals surface area contributed by atoms with E-state index in [1.54, 1.807) is 4.90 Å². The van der Waals surface area contributed by atoms with Gasteiger partial charge in [0.15, 0.2) is 5.82 Å². The lowest BCUT2D eigenvalue weighted by atomic mass is 10.4. The van der Waals surface area contributed by atoms with E-state index in [1.165, 1.54) is 0 Å². The number of ether oxygens (including phenoxy) is 1. The standard InChI is InChI=1S/C16H23N7O4/c1-21(2)15-18-11(19-16(20-15)22-5-7-27-8-6-22)9-17-12(24)10-23-13(25)3-4-14(23)26/h3-10H2,1-2H3,(H,17,24). The molecule has 2 saturated heterocycles. The molecule has 2 aliphatic rings. The molecule has 1 aromatic rings. The van der Waals surface area contributed by atoms with E-state index in [4.69, 9.17) is 4.74 Å². The van der Waals surface area contributed by atoms with Crippen molar-refractivity contribution in [3.05, 3.63) is 5.82 Å². The molecule has 0 aliphatic carbocycles. The van der Waals surface area contributed by atoms with Gasteiger partial charge in [0.05, 0.1) is 19.8 Å². The Morgan fingerprint density at radius 3 is 2.41 bits per heavy atom. The van der Waals surface area contributed by atoms with Crippen molar-refractivity contribution in [2.24, 2.45) is 0 Å². The summed E-state index contributed by atoms with van der Waals surface area (Å²) in [5.41, 5.74) is 0. The van der Waals surface area contributed by atoms with E-state index >= 15 is 0 Å². The van der Waals surface area contributed by atoms with Gasteiger partial charge in [0.2, 0.25) is 29.6 Å². The topological polar surface area (TPSA) is 121 Å². The zero-order chi connectivity index (χ0) is 19.4. The van der Waals surface area contributed by atoms with E-state index in [2.05, 4.69) is 20.3 Å². The minimum absolute atomic E-state index is 0.0791. The Labute approximate surface area is 156 Å². The Balaban J connectivity index is 1.66. The van der Waals surface area contributed by atoms with Crippen LogP contribution in [-0.2, 0) is 25.7 Å². The molecular formula is C16H23N7O4. The molecule has 2 aliphatic heterocycles. The number of nitrogens with zero attached hydrogens (tertiary/aromatic N) is 6. The summed E-state index contributed by atoms with van der Waals surface area (Å²) in [6, 6.07) is 0. The second-order valence-electron chi connectivity index (χ2n) is 6.50. The highest BCUT2D eigenvalue weighted by molar-refractivity contribution is 6.04.